The molecule has 0 atom stereocenters. The van der Waals surface area contributed by atoms with Crippen LogP contribution in [-0.2, 0) is 11.3 Å². The van der Waals surface area contributed by atoms with Crippen molar-refractivity contribution < 1.29 is 14.3 Å². The first-order chi connectivity index (χ1) is 10.3. The lowest BCUT2D eigenvalue weighted by molar-refractivity contribution is 0.103. The normalized spacial score (nSPS) is 10.4. The second kappa shape index (κ2) is 7.52. The monoisotopic (exact) mass is 286 g/mol. The van der Waals surface area contributed by atoms with Gasteiger partial charge in [0, 0.05) is 25.4 Å². The molecule has 0 aliphatic heterocycles. The van der Waals surface area contributed by atoms with Gasteiger partial charge in [-0.25, -0.2) is 0 Å². The molecular weight excluding hydrogens is 268 g/mol. The Morgan fingerprint density at radius 3 is 2.81 bits per heavy atom. The zero-order valence-electron chi connectivity index (χ0n) is 11.9. The Bertz CT molecular complexity index is 614. The van der Waals surface area contributed by atoms with E-state index in [9.17, 15) is 4.79 Å². The molecule has 0 aliphatic carbocycles. The van der Waals surface area contributed by atoms with Gasteiger partial charge in [0.1, 0.15) is 12.4 Å². The molecule has 2 N–H and O–H groups in total. The standard InChI is InChI=1S/C16H18N2O3/c1-20-8-9-21-15-5-3-2-4-14(15)16(19)12-6-7-18-13(10-12)11-17/h2-7,10H,8-9,11,17H2,1H3. The third-order valence-electron chi connectivity index (χ3n) is 2.96. The summed E-state index contributed by atoms with van der Waals surface area (Å²) in [5.74, 6) is 0.436. The first-order valence-corrected chi connectivity index (χ1v) is 6.66. The highest BCUT2D eigenvalue weighted by Crippen LogP contribution is 2.21. The van der Waals surface area contributed by atoms with Crippen molar-refractivity contribution in [3.8, 4) is 5.75 Å². The summed E-state index contributed by atoms with van der Waals surface area (Å²) >= 11 is 0. The van der Waals surface area contributed by atoms with Crippen LogP contribution in [0.25, 0.3) is 0 Å². The minimum atomic E-state index is -0.111. The second-order valence-electron chi connectivity index (χ2n) is 4.41. The van der Waals surface area contributed by atoms with Crippen molar-refractivity contribution in [3.63, 3.8) is 0 Å². The molecule has 21 heavy (non-hydrogen) atoms. The maximum absolute atomic E-state index is 12.6. The molecule has 0 aliphatic rings. The quantitative estimate of drug-likeness (QED) is 0.620. The van der Waals surface area contributed by atoms with Crippen LogP contribution in [-0.4, -0.2) is 31.1 Å². The highest BCUT2D eigenvalue weighted by Gasteiger charge is 2.14. The Morgan fingerprint density at radius 2 is 2.05 bits per heavy atom. The molecule has 5 heteroatoms. The van der Waals surface area contributed by atoms with Crippen LogP contribution in [0.15, 0.2) is 42.6 Å². The molecule has 2 aromatic rings. The summed E-state index contributed by atoms with van der Waals surface area (Å²) in [6.45, 7) is 1.16. The molecule has 1 aromatic carbocycles. The first kappa shape index (κ1) is 15.2. The van der Waals surface area contributed by atoms with Crippen molar-refractivity contribution >= 4 is 5.78 Å². The minimum absolute atomic E-state index is 0.111. The number of pyridine rings is 1. The van der Waals surface area contributed by atoms with Crippen LogP contribution >= 0.6 is 0 Å². The van der Waals surface area contributed by atoms with Crippen LogP contribution < -0.4 is 10.5 Å². The van der Waals surface area contributed by atoms with E-state index < -0.39 is 0 Å². The average molecular weight is 286 g/mol. The predicted octanol–water partition coefficient (Wildman–Crippen LogP) is 1.80. The van der Waals surface area contributed by atoms with E-state index in [0.717, 1.165) is 0 Å². The number of nitrogens with zero attached hydrogens (tertiary/aromatic N) is 1. The summed E-state index contributed by atoms with van der Waals surface area (Å²) < 4.78 is 10.5. The van der Waals surface area contributed by atoms with Crippen LogP contribution in [0.3, 0.4) is 0 Å². The van der Waals surface area contributed by atoms with Crippen LogP contribution in [0.1, 0.15) is 21.6 Å². The number of carbonyl (C=O) groups excluding carboxylic acids is 1. The molecule has 0 radical (unpaired) electrons. The molecule has 0 amide bonds. The number of methoxy groups -OCH3 is 1. The lowest BCUT2D eigenvalue weighted by Gasteiger charge is -2.10. The number of para-hydroxylation sites is 1. The van der Waals surface area contributed by atoms with E-state index in [1.165, 1.54) is 0 Å². The number of carbonyl (C=O) groups is 1. The van der Waals surface area contributed by atoms with Crippen molar-refractivity contribution in [2.24, 2.45) is 5.73 Å². The van der Waals surface area contributed by atoms with Crippen molar-refractivity contribution in [2.75, 3.05) is 20.3 Å². The summed E-state index contributed by atoms with van der Waals surface area (Å²) in [5.41, 5.74) is 7.30. The molecule has 5 nitrogen and oxygen atoms in total. The molecule has 0 saturated heterocycles. The molecule has 0 unspecified atom stereocenters. The van der Waals surface area contributed by atoms with E-state index in [2.05, 4.69) is 4.98 Å². The SMILES string of the molecule is COCCOc1ccccc1C(=O)c1ccnc(CN)c1. The number of ether oxygens (including phenoxy) is 2. The van der Waals surface area contributed by atoms with Gasteiger partial charge in [-0.2, -0.15) is 0 Å². The van der Waals surface area contributed by atoms with E-state index in [1.54, 1.807) is 43.6 Å². The van der Waals surface area contributed by atoms with Crippen LogP contribution in [0.2, 0.25) is 0 Å². The van der Waals surface area contributed by atoms with Gasteiger partial charge in [-0.3, -0.25) is 9.78 Å². The van der Waals surface area contributed by atoms with Crippen LogP contribution in [0, 0.1) is 0 Å². The number of ketones is 1. The third-order valence-corrected chi connectivity index (χ3v) is 2.96. The fraction of sp³-hybridized carbons (Fsp3) is 0.250. The highest BCUT2D eigenvalue weighted by atomic mass is 16.5. The second-order valence-corrected chi connectivity index (χ2v) is 4.41. The molecule has 2 rings (SSSR count). The topological polar surface area (TPSA) is 74.4 Å². The van der Waals surface area contributed by atoms with Gasteiger partial charge in [-0.1, -0.05) is 12.1 Å². The molecule has 0 saturated carbocycles. The Hall–Kier alpha value is -2.24. The minimum Gasteiger partial charge on any atom is -0.490 e. The van der Waals surface area contributed by atoms with E-state index in [4.69, 9.17) is 15.2 Å². The highest BCUT2D eigenvalue weighted by molar-refractivity contribution is 6.10. The van der Waals surface area contributed by atoms with E-state index in [1.807, 2.05) is 6.07 Å². The average Bonchev–Trinajstić information content (AvgIpc) is 2.55. The summed E-state index contributed by atoms with van der Waals surface area (Å²) in [6, 6.07) is 10.5. The molecule has 1 heterocycles. The van der Waals surface area contributed by atoms with Crippen molar-refractivity contribution in [2.45, 2.75) is 6.54 Å². The number of nitrogens with two attached hydrogens (primary N) is 1. The smallest absolute Gasteiger partial charge is 0.196 e. The lowest BCUT2D eigenvalue weighted by atomic mass is 10.0. The summed E-state index contributed by atoms with van der Waals surface area (Å²) in [5, 5.41) is 0. The summed E-state index contributed by atoms with van der Waals surface area (Å²) in [6.07, 6.45) is 1.59. The fourth-order valence-electron chi connectivity index (χ4n) is 1.90. The maximum atomic E-state index is 12.6. The summed E-state index contributed by atoms with van der Waals surface area (Å²) in [7, 11) is 1.60. The molecule has 0 spiro atoms. The maximum Gasteiger partial charge on any atom is 0.196 e. The Morgan fingerprint density at radius 1 is 1.24 bits per heavy atom. The number of benzene rings is 1. The Labute approximate surface area is 123 Å². The molecule has 0 bridgehead atoms. The van der Waals surface area contributed by atoms with Gasteiger partial charge in [0.05, 0.1) is 17.9 Å². The zero-order chi connectivity index (χ0) is 15.1. The zero-order valence-corrected chi connectivity index (χ0v) is 11.9. The van der Waals surface area contributed by atoms with Crippen molar-refractivity contribution in [1.29, 1.82) is 0 Å². The van der Waals surface area contributed by atoms with Gasteiger partial charge in [-0.15, -0.1) is 0 Å². The number of aromatic nitrogens is 1. The van der Waals surface area contributed by atoms with Gasteiger partial charge in [0.2, 0.25) is 0 Å². The van der Waals surface area contributed by atoms with Gasteiger partial charge in [-0.05, 0) is 24.3 Å². The Kier molecular flexibility index (Phi) is 5.43. The van der Waals surface area contributed by atoms with Gasteiger partial charge in [0.15, 0.2) is 5.78 Å². The Balaban J connectivity index is 2.25. The van der Waals surface area contributed by atoms with E-state index in [0.29, 0.717) is 42.3 Å². The lowest BCUT2D eigenvalue weighted by Crippen LogP contribution is -2.10. The van der Waals surface area contributed by atoms with Crippen molar-refractivity contribution in [3.05, 3.63) is 59.4 Å². The number of rotatable bonds is 7. The number of hydrogen-bond donors (Lipinski definition) is 1. The largest absolute Gasteiger partial charge is 0.490 e. The summed E-state index contributed by atoms with van der Waals surface area (Å²) in [4.78, 5) is 16.7. The third kappa shape index (κ3) is 3.87. The van der Waals surface area contributed by atoms with E-state index in [-0.39, 0.29) is 5.78 Å². The van der Waals surface area contributed by atoms with Crippen LogP contribution in [0.5, 0.6) is 5.75 Å². The van der Waals surface area contributed by atoms with Crippen molar-refractivity contribution in [1.82, 2.24) is 4.98 Å². The number of hydrogen-bond acceptors (Lipinski definition) is 5. The molecule has 1 aromatic heterocycles. The van der Waals surface area contributed by atoms with Crippen LogP contribution in [0.4, 0.5) is 0 Å². The fourth-order valence-corrected chi connectivity index (χ4v) is 1.90. The van der Waals surface area contributed by atoms with Gasteiger partial charge >= 0.3 is 0 Å². The predicted molar refractivity (Wildman–Crippen MR) is 79.4 cm³/mol. The molecule has 110 valence electrons. The van der Waals surface area contributed by atoms with E-state index >= 15 is 0 Å². The molecular formula is C16H18N2O3. The molecule has 0 fully saturated rings. The van der Waals surface area contributed by atoms with Gasteiger partial charge in [0.25, 0.3) is 0 Å². The first-order valence-electron chi connectivity index (χ1n) is 6.66. The van der Waals surface area contributed by atoms with Gasteiger partial charge < -0.3 is 15.2 Å².